The summed E-state index contributed by atoms with van der Waals surface area (Å²) in [7, 11) is 0. The van der Waals surface area contributed by atoms with Gasteiger partial charge in [-0.3, -0.25) is 0 Å². The summed E-state index contributed by atoms with van der Waals surface area (Å²) in [6.07, 6.45) is 6.45. The highest BCUT2D eigenvalue weighted by Crippen LogP contribution is 2.35. The van der Waals surface area contributed by atoms with Crippen LogP contribution < -0.4 is 5.32 Å². The van der Waals surface area contributed by atoms with Crippen LogP contribution in [-0.2, 0) is 4.74 Å². The average molecular weight is 227 g/mol. The first kappa shape index (κ1) is 14.0. The van der Waals surface area contributed by atoms with Crippen LogP contribution in [0.4, 0.5) is 0 Å². The molecule has 0 amide bonds. The van der Waals surface area contributed by atoms with Crippen molar-refractivity contribution in [3.8, 4) is 0 Å². The van der Waals surface area contributed by atoms with Crippen LogP contribution in [0.1, 0.15) is 52.9 Å². The second-order valence-electron chi connectivity index (χ2n) is 5.72. The minimum atomic E-state index is 0.525. The van der Waals surface area contributed by atoms with Gasteiger partial charge in [0.2, 0.25) is 0 Å². The third kappa shape index (κ3) is 4.84. The van der Waals surface area contributed by atoms with Crippen LogP contribution >= 0.6 is 0 Å². The summed E-state index contributed by atoms with van der Waals surface area (Å²) in [6, 6.07) is 0. The lowest BCUT2D eigenvalue weighted by molar-refractivity contribution is 0.00799. The Balaban J connectivity index is 2.39. The standard InChI is InChI=1S/C14H29NO/c1-4-9-15-12-14(6-5-13(2)3)7-10-16-11-8-14/h13,15H,4-12H2,1-3H3. The van der Waals surface area contributed by atoms with Gasteiger partial charge in [0, 0.05) is 19.8 Å². The van der Waals surface area contributed by atoms with Crippen molar-refractivity contribution in [2.75, 3.05) is 26.3 Å². The summed E-state index contributed by atoms with van der Waals surface area (Å²) in [5, 5.41) is 3.61. The number of ether oxygens (including phenoxy) is 1. The number of hydrogen-bond donors (Lipinski definition) is 1. The van der Waals surface area contributed by atoms with Crippen LogP contribution in [0.5, 0.6) is 0 Å². The highest BCUT2D eigenvalue weighted by molar-refractivity contribution is 4.84. The maximum absolute atomic E-state index is 5.51. The summed E-state index contributed by atoms with van der Waals surface area (Å²) in [4.78, 5) is 0. The molecular weight excluding hydrogens is 198 g/mol. The zero-order valence-corrected chi connectivity index (χ0v) is 11.3. The summed E-state index contributed by atoms with van der Waals surface area (Å²) in [6.45, 7) is 11.2. The smallest absolute Gasteiger partial charge is 0.0471 e. The van der Waals surface area contributed by atoms with Crippen LogP contribution in [0.25, 0.3) is 0 Å². The van der Waals surface area contributed by atoms with Crippen molar-refractivity contribution in [3.05, 3.63) is 0 Å². The first-order valence-corrected chi connectivity index (χ1v) is 6.97. The molecule has 0 aromatic carbocycles. The summed E-state index contributed by atoms with van der Waals surface area (Å²) < 4.78 is 5.51. The fourth-order valence-corrected chi connectivity index (χ4v) is 2.44. The molecule has 0 saturated carbocycles. The maximum Gasteiger partial charge on any atom is 0.0471 e. The third-order valence-corrected chi connectivity index (χ3v) is 3.73. The van der Waals surface area contributed by atoms with E-state index in [1.54, 1.807) is 0 Å². The second kappa shape index (κ2) is 7.29. The largest absolute Gasteiger partial charge is 0.381 e. The van der Waals surface area contributed by atoms with Crippen molar-refractivity contribution in [1.29, 1.82) is 0 Å². The zero-order valence-electron chi connectivity index (χ0n) is 11.3. The average Bonchev–Trinajstić information content (AvgIpc) is 2.28. The molecule has 2 heteroatoms. The molecule has 2 nitrogen and oxygen atoms in total. The van der Waals surface area contributed by atoms with Gasteiger partial charge in [-0.1, -0.05) is 27.2 Å². The fourth-order valence-electron chi connectivity index (χ4n) is 2.44. The first-order valence-electron chi connectivity index (χ1n) is 6.97. The Kier molecular flexibility index (Phi) is 6.37. The molecule has 1 saturated heterocycles. The molecule has 0 radical (unpaired) electrons. The molecule has 1 fully saturated rings. The molecule has 0 aromatic rings. The van der Waals surface area contributed by atoms with Crippen molar-refractivity contribution >= 4 is 0 Å². The highest BCUT2D eigenvalue weighted by atomic mass is 16.5. The molecule has 0 bridgehead atoms. The lowest BCUT2D eigenvalue weighted by Crippen LogP contribution is -2.39. The number of rotatable bonds is 7. The quantitative estimate of drug-likeness (QED) is 0.674. The van der Waals surface area contributed by atoms with E-state index in [-0.39, 0.29) is 0 Å². The van der Waals surface area contributed by atoms with E-state index >= 15 is 0 Å². The van der Waals surface area contributed by atoms with Crippen LogP contribution in [0, 0.1) is 11.3 Å². The van der Waals surface area contributed by atoms with E-state index < -0.39 is 0 Å². The van der Waals surface area contributed by atoms with E-state index in [2.05, 4.69) is 26.1 Å². The Morgan fingerprint density at radius 1 is 1.25 bits per heavy atom. The van der Waals surface area contributed by atoms with Gasteiger partial charge in [-0.2, -0.15) is 0 Å². The summed E-state index contributed by atoms with van der Waals surface area (Å²) in [5.41, 5.74) is 0.525. The van der Waals surface area contributed by atoms with E-state index in [4.69, 9.17) is 4.74 Å². The Labute approximate surface area is 101 Å². The lowest BCUT2D eigenvalue weighted by Gasteiger charge is -2.38. The Morgan fingerprint density at radius 2 is 1.94 bits per heavy atom. The van der Waals surface area contributed by atoms with Crippen molar-refractivity contribution < 1.29 is 4.74 Å². The topological polar surface area (TPSA) is 21.3 Å². The molecule has 0 aliphatic carbocycles. The molecule has 1 aliphatic rings. The normalized spacial score (nSPS) is 20.2. The number of hydrogen-bond acceptors (Lipinski definition) is 2. The van der Waals surface area contributed by atoms with Crippen molar-refractivity contribution in [2.24, 2.45) is 11.3 Å². The molecule has 0 aromatic heterocycles. The molecule has 1 aliphatic heterocycles. The Bertz CT molecular complexity index is 174. The second-order valence-corrected chi connectivity index (χ2v) is 5.72. The highest BCUT2D eigenvalue weighted by Gasteiger charge is 2.31. The third-order valence-electron chi connectivity index (χ3n) is 3.73. The summed E-state index contributed by atoms with van der Waals surface area (Å²) in [5.74, 6) is 0.825. The Morgan fingerprint density at radius 3 is 2.50 bits per heavy atom. The van der Waals surface area contributed by atoms with Crippen LogP contribution in [0.2, 0.25) is 0 Å². The van der Waals surface area contributed by atoms with Crippen LogP contribution in [0.15, 0.2) is 0 Å². The van der Waals surface area contributed by atoms with Gasteiger partial charge in [0.05, 0.1) is 0 Å². The van der Waals surface area contributed by atoms with E-state index in [1.807, 2.05) is 0 Å². The molecule has 1 N–H and O–H groups in total. The van der Waals surface area contributed by atoms with Gasteiger partial charge in [-0.05, 0) is 43.6 Å². The minimum Gasteiger partial charge on any atom is -0.381 e. The predicted octanol–water partition coefficient (Wildman–Crippen LogP) is 3.22. The monoisotopic (exact) mass is 227 g/mol. The van der Waals surface area contributed by atoms with Gasteiger partial charge < -0.3 is 10.1 Å². The van der Waals surface area contributed by atoms with Gasteiger partial charge in [-0.15, -0.1) is 0 Å². The maximum atomic E-state index is 5.51. The molecule has 0 unspecified atom stereocenters. The van der Waals surface area contributed by atoms with Gasteiger partial charge >= 0.3 is 0 Å². The van der Waals surface area contributed by atoms with Crippen molar-refractivity contribution in [3.63, 3.8) is 0 Å². The Hall–Kier alpha value is -0.0800. The minimum absolute atomic E-state index is 0.525. The molecule has 96 valence electrons. The molecule has 1 heterocycles. The van der Waals surface area contributed by atoms with Gasteiger partial charge in [0.1, 0.15) is 0 Å². The van der Waals surface area contributed by atoms with Crippen LogP contribution in [-0.4, -0.2) is 26.3 Å². The lowest BCUT2D eigenvalue weighted by atomic mass is 9.75. The van der Waals surface area contributed by atoms with Gasteiger partial charge in [-0.25, -0.2) is 0 Å². The van der Waals surface area contributed by atoms with E-state index in [1.165, 1.54) is 38.6 Å². The molecule has 16 heavy (non-hydrogen) atoms. The van der Waals surface area contributed by atoms with E-state index in [0.29, 0.717) is 5.41 Å². The number of nitrogens with one attached hydrogen (secondary N) is 1. The van der Waals surface area contributed by atoms with Crippen LogP contribution in [0.3, 0.4) is 0 Å². The molecule has 0 atom stereocenters. The van der Waals surface area contributed by atoms with E-state index in [0.717, 1.165) is 25.7 Å². The van der Waals surface area contributed by atoms with E-state index in [9.17, 15) is 0 Å². The van der Waals surface area contributed by atoms with Gasteiger partial charge in [0.25, 0.3) is 0 Å². The zero-order chi connectivity index (χ0) is 11.9. The SMILES string of the molecule is CCCNCC1(CCC(C)C)CCOCC1. The molecule has 0 spiro atoms. The van der Waals surface area contributed by atoms with Gasteiger partial charge in [0.15, 0.2) is 0 Å². The molecular formula is C14H29NO. The predicted molar refractivity (Wildman–Crippen MR) is 69.7 cm³/mol. The van der Waals surface area contributed by atoms with Crippen molar-refractivity contribution in [1.82, 2.24) is 5.32 Å². The fraction of sp³-hybridized carbons (Fsp3) is 1.00. The van der Waals surface area contributed by atoms with Crippen molar-refractivity contribution in [2.45, 2.75) is 52.9 Å². The molecule has 1 rings (SSSR count). The summed E-state index contributed by atoms with van der Waals surface area (Å²) >= 11 is 0. The first-order chi connectivity index (χ1) is 7.68.